The van der Waals surface area contributed by atoms with Gasteiger partial charge in [-0.25, -0.2) is 4.79 Å². The second kappa shape index (κ2) is 6.39. The standard InChI is InChI=1S/C12H18N2O3S/c1-4-6-14-11-8(12(16)17-5-2)9(13)10(18-11)7(3)15/h14H,4-6,13H2,1-3H3. The van der Waals surface area contributed by atoms with Gasteiger partial charge in [0.15, 0.2) is 5.78 Å². The SMILES string of the molecule is CCCNc1sc(C(C)=O)c(N)c1C(=O)OCC. The third-order valence-corrected chi connectivity index (χ3v) is 3.54. The van der Waals surface area contributed by atoms with Crippen LogP contribution < -0.4 is 11.1 Å². The van der Waals surface area contributed by atoms with Crippen LogP contribution >= 0.6 is 11.3 Å². The first-order chi connectivity index (χ1) is 8.52. The van der Waals surface area contributed by atoms with Gasteiger partial charge in [-0.15, -0.1) is 11.3 Å². The molecule has 0 saturated carbocycles. The smallest absolute Gasteiger partial charge is 0.343 e. The van der Waals surface area contributed by atoms with Crippen molar-refractivity contribution in [2.45, 2.75) is 27.2 Å². The maximum absolute atomic E-state index is 11.8. The minimum atomic E-state index is -0.489. The Kier molecular flexibility index (Phi) is 5.15. The largest absolute Gasteiger partial charge is 0.462 e. The molecule has 0 bridgehead atoms. The molecule has 1 rings (SSSR count). The molecule has 3 N–H and O–H groups in total. The normalized spacial score (nSPS) is 10.2. The first kappa shape index (κ1) is 14.5. The van der Waals surface area contributed by atoms with Gasteiger partial charge in [0.05, 0.1) is 17.2 Å². The second-order valence-corrected chi connectivity index (χ2v) is 4.77. The molecule has 0 spiro atoms. The molecule has 1 aromatic rings. The third-order valence-electron chi connectivity index (χ3n) is 2.28. The summed E-state index contributed by atoms with van der Waals surface area (Å²) in [4.78, 5) is 23.7. The lowest BCUT2D eigenvalue weighted by atomic mass is 10.2. The zero-order valence-corrected chi connectivity index (χ0v) is 11.6. The van der Waals surface area contributed by atoms with E-state index in [1.807, 2.05) is 6.92 Å². The highest BCUT2D eigenvalue weighted by atomic mass is 32.1. The van der Waals surface area contributed by atoms with Gasteiger partial charge in [0.2, 0.25) is 0 Å². The Morgan fingerprint density at radius 1 is 1.39 bits per heavy atom. The number of carbonyl (C=O) groups excluding carboxylic acids is 2. The fourth-order valence-electron chi connectivity index (χ4n) is 1.47. The van der Waals surface area contributed by atoms with E-state index in [1.54, 1.807) is 6.92 Å². The Labute approximate surface area is 110 Å². The van der Waals surface area contributed by atoms with E-state index >= 15 is 0 Å². The number of ketones is 1. The zero-order chi connectivity index (χ0) is 13.7. The molecule has 0 amide bonds. The monoisotopic (exact) mass is 270 g/mol. The van der Waals surface area contributed by atoms with E-state index in [1.165, 1.54) is 18.3 Å². The van der Waals surface area contributed by atoms with Crippen LogP contribution in [-0.4, -0.2) is 24.9 Å². The van der Waals surface area contributed by atoms with Crippen LogP contribution in [0.1, 0.15) is 47.2 Å². The summed E-state index contributed by atoms with van der Waals surface area (Å²) < 4.78 is 4.96. The molecular formula is C12H18N2O3S. The molecule has 0 unspecified atom stereocenters. The van der Waals surface area contributed by atoms with Crippen molar-refractivity contribution >= 4 is 33.8 Å². The predicted molar refractivity (Wildman–Crippen MR) is 73.5 cm³/mol. The number of anilines is 2. The molecule has 100 valence electrons. The highest BCUT2D eigenvalue weighted by molar-refractivity contribution is 7.19. The van der Waals surface area contributed by atoms with Crippen LogP contribution in [0.2, 0.25) is 0 Å². The summed E-state index contributed by atoms with van der Waals surface area (Å²) in [5, 5.41) is 3.71. The van der Waals surface area contributed by atoms with Crippen molar-refractivity contribution in [2.24, 2.45) is 0 Å². The lowest BCUT2D eigenvalue weighted by Crippen LogP contribution is -2.10. The number of carbonyl (C=O) groups is 2. The van der Waals surface area contributed by atoms with Gasteiger partial charge in [0.25, 0.3) is 0 Å². The number of nitrogens with one attached hydrogen (secondary N) is 1. The summed E-state index contributed by atoms with van der Waals surface area (Å²) in [6.07, 6.45) is 0.912. The topological polar surface area (TPSA) is 81.4 Å². The summed E-state index contributed by atoms with van der Waals surface area (Å²) in [7, 11) is 0. The molecule has 18 heavy (non-hydrogen) atoms. The lowest BCUT2D eigenvalue weighted by molar-refractivity contribution is 0.0529. The van der Waals surface area contributed by atoms with Gasteiger partial charge in [-0.05, 0) is 13.3 Å². The van der Waals surface area contributed by atoms with Crippen LogP contribution in [-0.2, 0) is 4.74 Å². The van der Waals surface area contributed by atoms with Gasteiger partial charge in [0, 0.05) is 13.5 Å². The first-order valence-electron chi connectivity index (χ1n) is 5.87. The van der Waals surface area contributed by atoms with Gasteiger partial charge in [-0.1, -0.05) is 6.92 Å². The van der Waals surface area contributed by atoms with E-state index in [2.05, 4.69) is 5.32 Å². The van der Waals surface area contributed by atoms with Crippen LogP contribution in [0.3, 0.4) is 0 Å². The number of hydrogen-bond donors (Lipinski definition) is 2. The van der Waals surface area contributed by atoms with Gasteiger partial charge in [-0.3, -0.25) is 4.79 Å². The number of ether oxygens (including phenoxy) is 1. The number of rotatable bonds is 6. The van der Waals surface area contributed by atoms with Gasteiger partial charge in [0.1, 0.15) is 10.6 Å². The van der Waals surface area contributed by atoms with Gasteiger partial charge < -0.3 is 15.8 Å². The number of thiophene rings is 1. The van der Waals surface area contributed by atoms with E-state index < -0.39 is 5.97 Å². The molecule has 5 nitrogen and oxygen atoms in total. The van der Waals surface area contributed by atoms with Crippen LogP contribution in [0.5, 0.6) is 0 Å². The summed E-state index contributed by atoms with van der Waals surface area (Å²) in [5.74, 6) is -0.634. The fourth-order valence-corrected chi connectivity index (χ4v) is 2.50. The van der Waals surface area contributed by atoms with E-state index in [9.17, 15) is 9.59 Å². The zero-order valence-electron chi connectivity index (χ0n) is 10.8. The Morgan fingerprint density at radius 3 is 2.56 bits per heavy atom. The quantitative estimate of drug-likeness (QED) is 0.613. The predicted octanol–water partition coefficient (Wildman–Crippen LogP) is 2.53. The second-order valence-electron chi connectivity index (χ2n) is 3.75. The number of esters is 1. The molecule has 0 atom stereocenters. The van der Waals surface area contributed by atoms with Crippen LogP contribution in [0, 0.1) is 0 Å². The maximum atomic E-state index is 11.8. The maximum Gasteiger partial charge on any atom is 0.343 e. The summed E-state index contributed by atoms with van der Waals surface area (Å²) in [6.45, 7) is 6.16. The molecule has 0 radical (unpaired) electrons. The van der Waals surface area contributed by atoms with E-state index in [4.69, 9.17) is 10.5 Å². The molecule has 1 aromatic heterocycles. The summed E-state index contributed by atoms with van der Waals surface area (Å²) in [5.41, 5.74) is 6.35. The van der Waals surface area contributed by atoms with Gasteiger partial charge in [-0.2, -0.15) is 0 Å². The van der Waals surface area contributed by atoms with Crippen LogP contribution in [0.4, 0.5) is 10.7 Å². The molecule has 0 aliphatic rings. The highest BCUT2D eigenvalue weighted by Crippen LogP contribution is 2.36. The number of nitrogens with two attached hydrogens (primary N) is 1. The molecule has 0 saturated heterocycles. The Balaban J connectivity index is 3.17. The van der Waals surface area contributed by atoms with Crippen molar-refractivity contribution < 1.29 is 14.3 Å². The molecule has 0 fully saturated rings. The Bertz CT molecular complexity index is 454. The van der Waals surface area contributed by atoms with Crippen molar-refractivity contribution in [3.63, 3.8) is 0 Å². The number of nitrogen functional groups attached to an aromatic ring is 1. The molecule has 0 aliphatic carbocycles. The van der Waals surface area contributed by atoms with E-state index in [0.717, 1.165) is 6.42 Å². The summed E-state index contributed by atoms with van der Waals surface area (Å²) >= 11 is 1.20. The average molecular weight is 270 g/mol. The molecule has 6 heteroatoms. The van der Waals surface area contributed by atoms with Crippen LogP contribution in [0.25, 0.3) is 0 Å². The average Bonchev–Trinajstić information content (AvgIpc) is 2.64. The van der Waals surface area contributed by atoms with Crippen molar-refractivity contribution in [2.75, 3.05) is 24.2 Å². The minimum absolute atomic E-state index is 0.146. The number of Topliss-reactive ketones (excluding diaryl/α,β-unsaturated/α-hetero) is 1. The molecular weight excluding hydrogens is 252 g/mol. The third kappa shape index (κ3) is 3.01. The van der Waals surface area contributed by atoms with Crippen molar-refractivity contribution in [1.29, 1.82) is 0 Å². The Hall–Kier alpha value is -1.56. The van der Waals surface area contributed by atoms with Crippen molar-refractivity contribution in [1.82, 2.24) is 0 Å². The fraction of sp³-hybridized carbons (Fsp3) is 0.500. The Morgan fingerprint density at radius 2 is 2.06 bits per heavy atom. The van der Waals surface area contributed by atoms with E-state index in [-0.39, 0.29) is 23.6 Å². The number of hydrogen-bond acceptors (Lipinski definition) is 6. The van der Waals surface area contributed by atoms with Crippen molar-refractivity contribution in [3.8, 4) is 0 Å². The van der Waals surface area contributed by atoms with Crippen molar-refractivity contribution in [3.05, 3.63) is 10.4 Å². The highest BCUT2D eigenvalue weighted by Gasteiger charge is 2.24. The van der Waals surface area contributed by atoms with E-state index in [0.29, 0.717) is 16.4 Å². The minimum Gasteiger partial charge on any atom is -0.462 e. The molecule has 1 heterocycles. The van der Waals surface area contributed by atoms with Gasteiger partial charge >= 0.3 is 5.97 Å². The molecule has 0 aliphatic heterocycles. The lowest BCUT2D eigenvalue weighted by Gasteiger charge is -2.06. The first-order valence-corrected chi connectivity index (χ1v) is 6.68. The van der Waals surface area contributed by atoms with Crippen LogP contribution in [0.15, 0.2) is 0 Å². The summed E-state index contributed by atoms with van der Waals surface area (Å²) in [6, 6.07) is 0. The molecule has 0 aromatic carbocycles.